The Balaban J connectivity index is 2.48. The van der Waals surface area contributed by atoms with Crippen molar-refractivity contribution in [2.75, 3.05) is 32.1 Å². The Morgan fingerprint density at radius 2 is 2.17 bits per heavy atom. The number of aliphatic hydroxyl groups is 1. The van der Waals surface area contributed by atoms with Gasteiger partial charge in [-0.3, -0.25) is 0 Å². The number of hydrogen-bond acceptors (Lipinski definition) is 5. The van der Waals surface area contributed by atoms with E-state index < -0.39 is 6.10 Å². The zero-order valence-electron chi connectivity index (χ0n) is 11.6. The molecule has 0 aliphatic carbocycles. The van der Waals surface area contributed by atoms with Gasteiger partial charge in [-0.15, -0.1) is 0 Å². The van der Waals surface area contributed by atoms with Gasteiger partial charge in [0, 0.05) is 32.9 Å². The quantitative estimate of drug-likeness (QED) is 0.755. The van der Waals surface area contributed by atoms with Gasteiger partial charge in [0.1, 0.15) is 12.7 Å². The lowest BCUT2D eigenvalue weighted by molar-refractivity contribution is 0.102. The molecular weight excluding hydrogens is 230 g/mol. The Hall–Kier alpha value is -1.33. The van der Waals surface area contributed by atoms with Crippen LogP contribution < -0.4 is 15.0 Å². The molecule has 0 spiro atoms. The van der Waals surface area contributed by atoms with Gasteiger partial charge in [0.15, 0.2) is 0 Å². The third kappa shape index (κ3) is 4.89. The summed E-state index contributed by atoms with van der Waals surface area (Å²) in [4.78, 5) is 6.10. The van der Waals surface area contributed by atoms with Crippen molar-refractivity contribution in [1.29, 1.82) is 0 Å². The molecule has 2 N–H and O–H groups in total. The van der Waals surface area contributed by atoms with E-state index in [0.717, 1.165) is 5.69 Å². The van der Waals surface area contributed by atoms with E-state index in [0.29, 0.717) is 18.5 Å². The Morgan fingerprint density at radius 3 is 2.78 bits per heavy atom. The number of pyridine rings is 1. The van der Waals surface area contributed by atoms with Crippen LogP contribution in [0.1, 0.15) is 13.8 Å². The minimum atomic E-state index is -0.538. The second kappa shape index (κ2) is 7.18. The van der Waals surface area contributed by atoms with E-state index in [2.05, 4.69) is 10.3 Å². The summed E-state index contributed by atoms with van der Waals surface area (Å²) in [6, 6.07) is 4.15. The number of rotatable bonds is 7. The molecule has 1 aromatic heterocycles. The minimum absolute atomic E-state index is 0.234. The summed E-state index contributed by atoms with van der Waals surface area (Å²) in [7, 11) is 3.86. The standard InChI is InChI=1S/C13H23N3O2/c1-10(2)15-8-11(17)9-18-13-12(16(3)4)6-5-7-14-13/h5-7,10-11,15,17H,8-9H2,1-4H3. The molecule has 102 valence electrons. The van der Waals surface area contributed by atoms with E-state index in [1.165, 1.54) is 0 Å². The summed E-state index contributed by atoms with van der Waals surface area (Å²) in [6.07, 6.45) is 1.14. The molecule has 1 unspecified atom stereocenters. The second-order valence-corrected chi connectivity index (χ2v) is 4.75. The van der Waals surface area contributed by atoms with E-state index in [9.17, 15) is 5.11 Å². The third-order valence-electron chi connectivity index (χ3n) is 2.41. The molecule has 1 heterocycles. The zero-order chi connectivity index (χ0) is 13.5. The van der Waals surface area contributed by atoms with Gasteiger partial charge in [-0.05, 0) is 12.1 Å². The van der Waals surface area contributed by atoms with Crippen molar-refractivity contribution in [2.24, 2.45) is 0 Å². The molecule has 0 bridgehead atoms. The lowest BCUT2D eigenvalue weighted by Gasteiger charge is -2.18. The molecule has 1 aromatic rings. The predicted octanol–water partition coefficient (Wildman–Crippen LogP) is 0.885. The minimum Gasteiger partial charge on any atom is -0.473 e. The number of anilines is 1. The first-order valence-electron chi connectivity index (χ1n) is 6.17. The summed E-state index contributed by atoms with van der Waals surface area (Å²) >= 11 is 0. The van der Waals surface area contributed by atoms with Crippen molar-refractivity contribution in [1.82, 2.24) is 10.3 Å². The number of nitrogens with one attached hydrogen (secondary N) is 1. The molecule has 0 aliphatic heterocycles. The highest BCUT2D eigenvalue weighted by Crippen LogP contribution is 2.22. The van der Waals surface area contributed by atoms with Crippen molar-refractivity contribution >= 4 is 5.69 Å². The summed E-state index contributed by atoms with van der Waals surface area (Å²) < 4.78 is 5.55. The molecule has 18 heavy (non-hydrogen) atoms. The second-order valence-electron chi connectivity index (χ2n) is 4.75. The van der Waals surface area contributed by atoms with Gasteiger partial charge in [0.25, 0.3) is 0 Å². The van der Waals surface area contributed by atoms with Crippen LogP contribution in [0.25, 0.3) is 0 Å². The van der Waals surface area contributed by atoms with Gasteiger partial charge in [0.2, 0.25) is 5.88 Å². The van der Waals surface area contributed by atoms with Crippen LogP contribution in [-0.2, 0) is 0 Å². The third-order valence-corrected chi connectivity index (χ3v) is 2.41. The first-order valence-corrected chi connectivity index (χ1v) is 6.17. The van der Waals surface area contributed by atoms with Crippen LogP contribution >= 0.6 is 0 Å². The van der Waals surface area contributed by atoms with E-state index >= 15 is 0 Å². The lowest BCUT2D eigenvalue weighted by atomic mass is 10.3. The van der Waals surface area contributed by atoms with Gasteiger partial charge in [-0.1, -0.05) is 13.8 Å². The number of nitrogens with zero attached hydrogens (tertiary/aromatic N) is 2. The van der Waals surface area contributed by atoms with E-state index in [-0.39, 0.29) is 6.61 Å². The molecule has 0 aromatic carbocycles. The number of ether oxygens (including phenoxy) is 1. The molecular formula is C13H23N3O2. The van der Waals surface area contributed by atoms with Crippen LogP contribution in [0.5, 0.6) is 5.88 Å². The van der Waals surface area contributed by atoms with Crippen molar-refractivity contribution in [3.8, 4) is 5.88 Å². The number of aromatic nitrogens is 1. The van der Waals surface area contributed by atoms with E-state index in [1.54, 1.807) is 6.20 Å². The highest BCUT2D eigenvalue weighted by Gasteiger charge is 2.10. The Bertz CT molecular complexity index is 356. The largest absolute Gasteiger partial charge is 0.473 e. The Kier molecular flexibility index (Phi) is 5.88. The molecule has 1 atom stereocenters. The van der Waals surface area contributed by atoms with Crippen molar-refractivity contribution in [2.45, 2.75) is 26.0 Å². The Labute approximate surface area is 109 Å². The van der Waals surface area contributed by atoms with Crippen LogP contribution in [0.2, 0.25) is 0 Å². The topological polar surface area (TPSA) is 57.6 Å². The molecule has 0 amide bonds. The maximum absolute atomic E-state index is 9.76. The fraction of sp³-hybridized carbons (Fsp3) is 0.615. The van der Waals surface area contributed by atoms with E-state index in [4.69, 9.17) is 4.74 Å². The van der Waals surface area contributed by atoms with Gasteiger partial charge >= 0.3 is 0 Å². The van der Waals surface area contributed by atoms with Gasteiger partial charge in [0.05, 0.1) is 5.69 Å². The van der Waals surface area contributed by atoms with Crippen molar-refractivity contribution in [3.05, 3.63) is 18.3 Å². The summed E-state index contributed by atoms with van der Waals surface area (Å²) in [5, 5.41) is 12.9. The van der Waals surface area contributed by atoms with Gasteiger partial charge < -0.3 is 20.1 Å². The molecule has 0 fully saturated rings. The lowest BCUT2D eigenvalue weighted by Crippen LogP contribution is -2.35. The van der Waals surface area contributed by atoms with Crippen LogP contribution in [0, 0.1) is 0 Å². The maximum atomic E-state index is 9.76. The van der Waals surface area contributed by atoms with Crippen LogP contribution in [0.3, 0.4) is 0 Å². The first kappa shape index (κ1) is 14.7. The van der Waals surface area contributed by atoms with E-state index in [1.807, 2.05) is 45.0 Å². The molecule has 0 saturated carbocycles. The van der Waals surface area contributed by atoms with Crippen LogP contribution in [0.4, 0.5) is 5.69 Å². The van der Waals surface area contributed by atoms with Gasteiger partial charge in [-0.25, -0.2) is 4.98 Å². The zero-order valence-corrected chi connectivity index (χ0v) is 11.6. The number of aliphatic hydroxyl groups excluding tert-OH is 1. The SMILES string of the molecule is CC(C)NCC(O)COc1ncccc1N(C)C. The Morgan fingerprint density at radius 1 is 1.44 bits per heavy atom. The fourth-order valence-electron chi connectivity index (χ4n) is 1.44. The molecule has 5 heteroatoms. The van der Waals surface area contributed by atoms with Crippen molar-refractivity contribution in [3.63, 3.8) is 0 Å². The maximum Gasteiger partial charge on any atom is 0.237 e. The summed E-state index contributed by atoms with van der Waals surface area (Å²) in [6.45, 7) is 4.83. The molecule has 0 radical (unpaired) electrons. The fourth-order valence-corrected chi connectivity index (χ4v) is 1.44. The predicted molar refractivity (Wildman–Crippen MR) is 73.2 cm³/mol. The highest BCUT2D eigenvalue weighted by molar-refractivity contribution is 5.53. The summed E-state index contributed by atoms with van der Waals surface area (Å²) in [5.74, 6) is 0.547. The average molecular weight is 253 g/mol. The van der Waals surface area contributed by atoms with Crippen molar-refractivity contribution < 1.29 is 9.84 Å². The van der Waals surface area contributed by atoms with Crippen LogP contribution in [-0.4, -0.2) is 49.5 Å². The number of hydrogen-bond donors (Lipinski definition) is 2. The van der Waals surface area contributed by atoms with Crippen LogP contribution in [0.15, 0.2) is 18.3 Å². The summed E-state index contributed by atoms with van der Waals surface area (Å²) in [5.41, 5.74) is 0.904. The molecule has 0 aliphatic rings. The average Bonchev–Trinajstić information content (AvgIpc) is 2.34. The highest BCUT2D eigenvalue weighted by atomic mass is 16.5. The molecule has 1 rings (SSSR count). The van der Waals surface area contributed by atoms with Gasteiger partial charge in [-0.2, -0.15) is 0 Å². The molecule has 0 saturated heterocycles. The first-order chi connectivity index (χ1) is 8.50. The molecule has 5 nitrogen and oxygen atoms in total. The monoisotopic (exact) mass is 253 g/mol. The smallest absolute Gasteiger partial charge is 0.237 e. The normalized spacial score (nSPS) is 12.6.